The summed E-state index contributed by atoms with van der Waals surface area (Å²) in [5, 5.41) is 18.5. The number of hydrogen-bond donors (Lipinski definition) is 2. The van der Waals surface area contributed by atoms with Gasteiger partial charge in [0.1, 0.15) is 0 Å². The fourth-order valence-corrected chi connectivity index (χ4v) is 2.91. The van der Waals surface area contributed by atoms with Gasteiger partial charge in [0, 0.05) is 19.1 Å². The van der Waals surface area contributed by atoms with Crippen LogP contribution in [0.15, 0.2) is 30.3 Å². The van der Waals surface area contributed by atoms with Crippen molar-refractivity contribution in [2.75, 3.05) is 13.2 Å². The maximum Gasteiger partial charge on any atom is 0.0894 e. The van der Waals surface area contributed by atoms with E-state index in [1.165, 1.54) is 0 Å². The number of hydrogen-bond acceptors (Lipinski definition) is 4. The summed E-state index contributed by atoms with van der Waals surface area (Å²) in [7, 11) is 0. The van der Waals surface area contributed by atoms with Crippen LogP contribution in [0.1, 0.15) is 30.1 Å². The first kappa shape index (κ1) is 13.2. The molecule has 4 heteroatoms. The monoisotopic (exact) mass is 270 g/mol. The van der Waals surface area contributed by atoms with Crippen molar-refractivity contribution in [2.45, 2.75) is 18.8 Å². The molecule has 104 valence electrons. The summed E-state index contributed by atoms with van der Waals surface area (Å²) in [5.74, 6) is 0.347. The Labute approximate surface area is 117 Å². The predicted molar refractivity (Wildman–Crippen MR) is 78.2 cm³/mol. The lowest BCUT2D eigenvalue weighted by molar-refractivity contribution is 0.230. The summed E-state index contributed by atoms with van der Waals surface area (Å²) < 4.78 is 0. The number of benzene rings is 1. The molecule has 0 aliphatic heterocycles. The van der Waals surface area contributed by atoms with Crippen LogP contribution in [0.25, 0.3) is 17.1 Å². The molecule has 0 radical (unpaired) electrons. The molecule has 3 rings (SSSR count). The smallest absolute Gasteiger partial charge is 0.0894 e. The fourth-order valence-electron chi connectivity index (χ4n) is 2.91. The van der Waals surface area contributed by atoms with Crippen LogP contribution in [0, 0.1) is 5.92 Å². The summed E-state index contributed by atoms with van der Waals surface area (Å²) in [6, 6.07) is 7.82. The number of aromatic nitrogens is 2. The second kappa shape index (κ2) is 5.69. The molecule has 0 bridgehead atoms. The van der Waals surface area contributed by atoms with Gasteiger partial charge in [-0.15, -0.1) is 0 Å². The normalized spacial score (nSPS) is 21.1. The summed E-state index contributed by atoms with van der Waals surface area (Å²) in [6.45, 7) is 0.266. The Morgan fingerprint density at radius 3 is 2.35 bits per heavy atom. The first-order valence-electron chi connectivity index (χ1n) is 7.00. The Hall–Kier alpha value is -1.78. The SMILES string of the molecule is OCCC1C=Cc2nc3ccccc3nc2C1CCO. The lowest BCUT2D eigenvalue weighted by Crippen LogP contribution is -2.20. The molecule has 1 aromatic carbocycles. The van der Waals surface area contributed by atoms with Crippen LogP contribution < -0.4 is 0 Å². The highest BCUT2D eigenvalue weighted by molar-refractivity contribution is 5.76. The van der Waals surface area contributed by atoms with Crippen LogP contribution >= 0.6 is 0 Å². The lowest BCUT2D eigenvalue weighted by Gasteiger charge is -2.27. The Bertz CT molecular complexity index is 639. The standard InChI is InChI=1S/C16H18N2O2/c19-9-7-11-5-6-15-16(12(11)8-10-20)18-14-4-2-1-3-13(14)17-15/h1-6,11-12,19-20H,7-10H2. The van der Waals surface area contributed by atoms with Crippen molar-refractivity contribution in [3.8, 4) is 0 Å². The van der Waals surface area contributed by atoms with Gasteiger partial charge in [-0.2, -0.15) is 0 Å². The molecule has 0 fully saturated rings. The topological polar surface area (TPSA) is 66.2 Å². The van der Waals surface area contributed by atoms with E-state index < -0.39 is 0 Å². The third kappa shape index (κ3) is 2.32. The average Bonchev–Trinajstić information content (AvgIpc) is 2.48. The maximum atomic E-state index is 9.31. The van der Waals surface area contributed by atoms with Gasteiger partial charge in [0.25, 0.3) is 0 Å². The molecule has 2 N–H and O–H groups in total. The summed E-state index contributed by atoms with van der Waals surface area (Å²) in [4.78, 5) is 9.39. The van der Waals surface area contributed by atoms with Gasteiger partial charge in [-0.3, -0.25) is 0 Å². The number of allylic oxidation sites excluding steroid dienone is 1. The fraction of sp³-hybridized carbons (Fsp3) is 0.375. The average molecular weight is 270 g/mol. The van der Waals surface area contributed by atoms with Gasteiger partial charge in [0.2, 0.25) is 0 Å². The van der Waals surface area contributed by atoms with E-state index in [9.17, 15) is 10.2 Å². The van der Waals surface area contributed by atoms with Crippen molar-refractivity contribution in [3.63, 3.8) is 0 Å². The molecule has 2 atom stereocenters. The van der Waals surface area contributed by atoms with Gasteiger partial charge in [-0.05, 0) is 37.0 Å². The van der Waals surface area contributed by atoms with E-state index in [1.807, 2.05) is 30.3 Å². The van der Waals surface area contributed by atoms with E-state index in [4.69, 9.17) is 4.98 Å². The summed E-state index contributed by atoms with van der Waals surface area (Å²) in [6.07, 6.45) is 5.41. The molecule has 1 aliphatic rings. The Kier molecular flexibility index (Phi) is 3.76. The number of nitrogens with zero attached hydrogens (tertiary/aromatic N) is 2. The van der Waals surface area contributed by atoms with Crippen LogP contribution in [-0.4, -0.2) is 33.4 Å². The quantitative estimate of drug-likeness (QED) is 0.893. The Morgan fingerprint density at radius 1 is 0.950 bits per heavy atom. The lowest BCUT2D eigenvalue weighted by atomic mass is 9.80. The van der Waals surface area contributed by atoms with Crippen LogP contribution in [0.3, 0.4) is 0 Å². The minimum absolute atomic E-state index is 0.119. The number of aliphatic hydroxyl groups is 2. The number of fused-ring (bicyclic) bond motifs is 2. The second-order valence-electron chi connectivity index (χ2n) is 5.14. The highest BCUT2D eigenvalue weighted by Gasteiger charge is 2.28. The predicted octanol–water partition coefficient (Wildman–Crippen LogP) is 2.12. The molecule has 2 unspecified atom stereocenters. The molecule has 0 saturated carbocycles. The first-order chi connectivity index (χ1) is 9.83. The van der Waals surface area contributed by atoms with Crippen LogP contribution in [0.5, 0.6) is 0 Å². The molecule has 1 aliphatic carbocycles. The molecule has 0 spiro atoms. The van der Waals surface area contributed by atoms with Crippen molar-refractivity contribution in [1.82, 2.24) is 9.97 Å². The molecule has 0 amide bonds. The van der Waals surface area contributed by atoms with Gasteiger partial charge < -0.3 is 10.2 Å². The highest BCUT2D eigenvalue weighted by atomic mass is 16.3. The van der Waals surface area contributed by atoms with E-state index in [0.717, 1.165) is 22.4 Å². The van der Waals surface area contributed by atoms with Crippen LogP contribution in [-0.2, 0) is 0 Å². The molecular formula is C16H18N2O2. The number of aliphatic hydroxyl groups excluding tert-OH is 2. The number of rotatable bonds is 4. The van der Waals surface area contributed by atoms with E-state index in [0.29, 0.717) is 12.8 Å². The molecule has 4 nitrogen and oxygen atoms in total. The minimum Gasteiger partial charge on any atom is -0.396 e. The molecule has 1 aromatic heterocycles. The minimum atomic E-state index is 0.119. The number of para-hydroxylation sites is 2. The zero-order valence-corrected chi connectivity index (χ0v) is 11.2. The zero-order valence-electron chi connectivity index (χ0n) is 11.2. The highest BCUT2D eigenvalue weighted by Crippen LogP contribution is 2.36. The van der Waals surface area contributed by atoms with Crippen LogP contribution in [0.2, 0.25) is 0 Å². The van der Waals surface area contributed by atoms with E-state index >= 15 is 0 Å². The van der Waals surface area contributed by atoms with Gasteiger partial charge >= 0.3 is 0 Å². The largest absolute Gasteiger partial charge is 0.396 e. The summed E-state index contributed by atoms with van der Waals surface area (Å²) >= 11 is 0. The van der Waals surface area contributed by atoms with E-state index in [1.54, 1.807) is 0 Å². The third-order valence-corrected chi connectivity index (χ3v) is 3.90. The molecule has 2 aromatic rings. The maximum absolute atomic E-state index is 9.31. The second-order valence-corrected chi connectivity index (χ2v) is 5.14. The van der Waals surface area contributed by atoms with Gasteiger partial charge in [0.05, 0.1) is 22.4 Å². The Morgan fingerprint density at radius 2 is 1.65 bits per heavy atom. The van der Waals surface area contributed by atoms with Crippen molar-refractivity contribution in [3.05, 3.63) is 41.7 Å². The third-order valence-electron chi connectivity index (χ3n) is 3.90. The summed E-state index contributed by atoms with van der Waals surface area (Å²) in [5.41, 5.74) is 3.60. The molecular weight excluding hydrogens is 252 g/mol. The molecule has 0 saturated heterocycles. The van der Waals surface area contributed by atoms with Gasteiger partial charge in [0.15, 0.2) is 0 Å². The van der Waals surface area contributed by atoms with Crippen molar-refractivity contribution >= 4 is 17.1 Å². The van der Waals surface area contributed by atoms with Crippen molar-refractivity contribution in [1.29, 1.82) is 0 Å². The van der Waals surface area contributed by atoms with Gasteiger partial charge in [-0.1, -0.05) is 18.2 Å². The first-order valence-corrected chi connectivity index (χ1v) is 7.00. The van der Waals surface area contributed by atoms with Crippen molar-refractivity contribution in [2.24, 2.45) is 5.92 Å². The molecule has 20 heavy (non-hydrogen) atoms. The molecule has 1 heterocycles. The van der Waals surface area contributed by atoms with E-state index in [-0.39, 0.29) is 25.0 Å². The van der Waals surface area contributed by atoms with Crippen molar-refractivity contribution < 1.29 is 10.2 Å². The zero-order chi connectivity index (χ0) is 13.9. The van der Waals surface area contributed by atoms with Crippen LogP contribution in [0.4, 0.5) is 0 Å². The van der Waals surface area contributed by atoms with Gasteiger partial charge in [-0.25, -0.2) is 9.97 Å². The van der Waals surface area contributed by atoms with E-state index in [2.05, 4.69) is 11.1 Å². The Balaban J connectivity index is 2.09.